The Morgan fingerprint density at radius 2 is 2.07 bits per heavy atom. The molecule has 0 radical (unpaired) electrons. The van der Waals surface area contributed by atoms with Crippen molar-refractivity contribution in [3.63, 3.8) is 0 Å². The molecule has 0 amide bonds. The first kappa shape index (κ1) is 11.6. The van der Waals surface area contributed by atoms with Crippen molar-refractivity contribution in [1.82, 2.24) is 4.90 Å². The predicted octanol–water partition coefficient (Wildman–Crippen LogP) is 1.53. The van der Waals surface area contributed by atoms with Gasteiger partial charge in [-0.05, 0) is 26.2 Å². The largest absolute Gasteiger partial charge is 0.464 e. The second-order valence-corrected chi connectivity index (χ2v) is 4.55. The molecule has 1 rings (SSSR count). The van der Waals surface area contributed by atoms with Gasteiger partial charge < -0.3 is 15.1 Å². The van der Waals surface area contributed by atoms with E-state index in [1.54, 1.807) is 11.8 Å². The number of rotatable bonds is 6. The molecule has 0 spiro atoms. The fraction of sp³-hybridized carbons (Fsp3) is 0.600. The van der Waals surface area contributed by atoms with E-state index in [0.717, 1.165) is 36.1 Å². The number of nitrogens with two attached hydrogens (primary N) is 1. The lowest BCUT2D eigenvalue weighted by molar-refractivity contribution is 0.344. The van der Waals surface area contributed by atoms with E-state index in [1.807, 2.05) is 26.2 Å². The van der Waals surface area contributed by atoms with E-state index in [-0.39, 0.29) is 0 Å². The molecular formula is C10H18N2OS. The summed E-state index contributed by atoms with van der Waals surface area (Å²) in [6.07, 6.45) is 0. The molecular weight excluding hydrogens is 196 g/mol. The topological polar surface area (TPSA) is 42.4 Å². The van der Waals surface area contributed by atoms with Gasteiger partial charge in [-0.15, -0.1) is 0 Å². The van der Waals surface area contributed by atoms with Gasteiger partial charge in [-0.25, -0.2) is 0 Å². The van der Waals surface area contributed by atoms with Crippen molar-refractivity contribution in [3.05, 3.63) is 23.7 Å². The third-order valence-corrected chi connectivity index (χ3v) is 2.71. The summed E-state index contributed by atoms with van der Waals surface area (Å²) in [5.74, 6) is 3.98. The maximum Gasteiger partial charge on any atom is 0.118 e. The lowest BCUT2D eigenvalue weighted by Gasteiger charge is -2.05. The van der Waals surface area contributed by atoms with Crippen molar-refractivity contribution < 1.29 is 4.42 Å². The third-order valence-electron chi connectivity index (χ3n) is 1.70. The first-order valence-electron chi connectivity index (χ1n) is 4.72. The van der Waals surface area contributed by atoms with Crippen LogP contribution in [0.15, 0.2) is 16.5 Å². The lowest BCUT2D eigenvalue weighted by Crippen LogP contribution is -2.09. The minimum atomic E-state index is 0.732. The fourth-order valence-corrected chi connectivity index (χ4v) is 1.82. The number of hydrogen-bond acceptors (Lipinski definition) is 4. The van der Waals surface area contributed by atoms with Gasteiger partial charge >= 0.3 is 0 Å². The maximum atomic E-state index is 5.64. The molecule has 0 saturated carbocycles. The lowest BCUT2D eigenvalue weighted by atomic mass is 10.4. The molecule has 0 bridgehead atoms. The van der Waals surface area contributed by atoms with Crippen LogP contribution in [0.1, 0.15) is 11.5 Å². The SMILES string of the molecule is CN(C)Cc1ccc(CSCCN)o1. The summed E-state index contributed by atoms with van der Waals surface area (Å²) >= 11 is 1.81. The molecule has 0 unspecified atom stereocenters. The van der Waals surface area contributed by atoms with Gasteiger partial charge in [0.05, 0.1) is 12.3 Å². The van der Waals surface area contributed by atoms with Crippen LogP contribution in [-0.4, -0.2) is 31.3 Å². The molecule has 1 heterocycles. The molecule has 0 aliphatic carbocycles. The minimum Gasteiger partial charge on any atom is -0.464 e. The minimum absolute atomic E-state index is 0.732. The van der Waals surface area contributed by atoms with E-state index in [1.165, 1.54) is 0 Å². The molecule has 0 aliphatic rings. The van der Waals surface area contributed by atoms with Gasteiger partial charge in [0, 0.05) is 12.3 Å². The molecule has 0 aromatic carbocycles. The van der Waals surface area contributed by atoms with Crippen molar-refractivity contribution in [2.24, 2.45) is 5.73 Å². The number of thioether (sulfide) groups is 1. The zero-order valence-electron chi connectivity index (χ0n) is 8.82. The Bertz CT molecular complexity index is 260. The van der Waals surface area contributed by atoms with Crippen LogP contribution < -0.4 is 5.73 Å². The van der Waals surface area contributed by atoms with Gasteiger partial charge in [0.1, 0.15) is 11.5 Å². The summed E-state index contributed by atoms with van der Waals surface area (Å²) in [5.41, 5.74) is 5.41. The Hall–Kier alpha value is -0.450. The van der Waals surface area contributed by atoms with Crippen LogP contribution in [0.25, 0.3) is 0 Å². The normalized spacial score (nSPS) is 11.1. The number of hydrogen-bond donors (Lipinski definition) is 1. The fourth-order valence-electron chi connectivity index (χ4n) is 1.15. The summed E-state index contributed by atoms with van der Waals surface area (Å²) in [7, 11) is 4.07. The Morgan fingerprint density at radius 3 is 2.71 bits per heavy atom. The zero-order chi connectivity index (χ0) is 10.4. The van der Waals surface area contributed by atoms with Crippen molar-refractivity contribution in [2.75, 3.05) is 26.4 Å². The number of furan rings is 1. The highest BCUT2D eigenvalue weighted by molar-refractivity contribution is 7.98. The van der Waals surface area contributed by atoms with Crippen LogP contribution in [0.5, 0.6) is 0 Å². The van der Waals surface area contributed by atoms with E-state index >= 15 is 0 Å². The summed E-state index contributed by atoms with van der Waals surface area (Å²) in [6, 6.07) is 4.08. The van der Waals surface area contributed by atoms with Crippen LogP contribution in [0, 0.1) is 0 Å². The van der Waals surface area contributed by atoms with Crippen molar-refractivity contribution in [2.45, 2.75) is 12.3 Å². The van der Waals surface area contributed by atoms with Crippen molar-refractivity contribution in [1.29, 1.82) is 0 Å². The highest BCUT2D eigenvalue weighted by Gasteiger charge is 2.02. The molecule has 3 nitrogen and oxygen atoms in total. The molecule has 0 fully saturated rings. The summed E-state index contributed by atoms with van der Waals surface area (Å²) < 4.78 is 5.64. The van der Waals surface area contributed by atoms with E-state index in [2.05, 4.69) is 4.90 Å². The van der Waals surface area contributed by atoms with Crippen LogP contribution in [0.2, 0.25) is 0 Å². The van der Waals surface area contributed by atoms with E-state index < -0.39 is 0 Å². The van der Waals surface area contributed by atoms with Gasteiger partial charge in [0.15, 0.2) is 0 Å². The van der Waals surface area contributed by atoms with Gasteiger partial charge in [-0.1, -0.05) is 0 Å². The first-order chi connectivity index (χ1) is 6.72. The van der Waals surface area contributed by atoms with Gasteiger partial charge in [-0.2, -0.15) is 11.8 Å². The number of nitrogens with zero attached hydrogens (tertiary/aromatic N) is 1. The average molecular weight is 214 g/mol. The highest BCUT2D eigenvalue weighted by Crippen LogP contribution is 2.15. The predicted molar refractivity (Wildman–Crippen MR) is 61.3 cm³/mol. The van der Waals surface area contributed by atoms with Gasteiger partial charge in [0.2, 0.25) is 0 Å². The summed E-state index contributed by atoms with van der Waals surface area (Å²) in [6.45, 7) is 1.59. The Labute approximate surface area is 89.6 Å². The van der Waals surface area contributed by atoms with Crippen molar-refractivity contribution in [3.8, 4) is 0 Å². The monoisotopic (exact) mass is 214 g/mol. The molecule has 0 atom stereocenters. The van der Waals surface area contributed by atoms with Crippen LogP contribution >= 0.6 is 11.8 Å². The average Bonchev–Trinajstić information content (AvgIpc) is 2.52. The highest BCUT2D eigenvalue weighted by atomic mass is 32.2. The first-order valence-corrected chi connectivity index (χ1v) is 5.88. The van der Waals surface area contributed by atoms with E-state index in [9.17, 15) is 0 Å². The van der Waals surface area contributed by atoms with Crippen molar-refractivity contribution >= 4 is 11.8 Å². The van der Waals surface area contributed by atoms with Crippen LogP contribution in [0.3, 0.4) is 0 Å². The Balaban J connectivity index is 2.35. The zero-order valence-corrected chi connectivity index (χ0v) is 9.64. The quantitative estimate of drug-likeness (QED) is 0.729. The molecule has 2 N–H and O–H groups in total. The van der Waals surface area contributed by atoms with Gasteiger partial charge in [0.25, 0.3) is 0 Å². The third kappa shape index (κ3) is 4.17. The van der Waals surface area contributed by atoms with Gasteiger partial charge in [-0.3, -0.25) is 0 Å². The maximum absolute atomic E-state index is 5.64. The molecule has 1 aromatic heterocycles. The Kier molecular flexibility index (Phi) is 5.07. The van der Waals surface area contributed by atoms with E-state index in [0.29, 0.717) is 0 Å². The summed E-state index contributed by atoms with van der Waals surface area (Å²) in [4.78, 5) is 2.09. The molecule has 80 valence electrons. The standard InChI is InChI=1S/C10H18N2OS/c1-12(2)7-9-3-4-10(13-9)8-14-6-5-11/h3-4H,5-8,11H2,1-2H3. The molecule has 0 saturated heterocycles. The Morgan fingerprint density at radius 1 is 1.36 bits per heavy atom. The second-order valence-electron chi connectivity index (χ2n) is 3.45. The smallest absolute Gasteiger partial charge is 0.118 e. The van der Waals surface area contributed by atoms with Crippen LogP contribution in [0.4, 0.5) is 0 Å². The molecule has 1 aromatic rings. The van der Waals surface area contributed by atoms with Crippen LogP contribution in [-0.2, 0) is 12.3 Å². The second kappa shape index (κ2) is 6.11. The summed E-state index contributed by atoms with van der Waals surface area (Å²) in [5, 5.41) is 0. The molecule has 0 aliphatic heterocycles. The van der Waals surface area contributed by atoms with E-state index in [4.69, 9.17) is 10.2 Å². The molecule has 14 heavy (non-hydrogen) atoms. The molecule has 4 heteroatoms.